The van der Waals surface area contributed by atoms with E-state index in [1.807, 2.05) is 30.3 Å². The number of benzene rings is 2. The predicted octanol–water partition coefficient (Wildman–Crippen LogP) is 3.41. The van der Waals surface area contributed by atoms with Gasteiger partial charge in [0.2, 0.25) is 5.91 Å². The van der Waals surface area contributed by atoms with Gasteiger partial charge in [-0.15, -0.1) is 0 Å². The molecule has 0 aliphatic carbocycles. The van der Waals surface area contributed by atoms with E-state index in [1.165, 1.54) is 24.1 Å². The van der Waals surface area contributed by atoms with Gasteiger partial charge in [0, 0.05) is 44.0 Å². The maximum atomic E-state index is 12.0. The summed E-state index contributed by atoms with van der Waals surface area (Å²) in [7, 11) is 0. The second-order valence-electron chi connectivity index (χ2n) is 6.20. The van der Waals surface area contributed by atoms with Crippen LogP contribution in [0.2, 0.25) is 0 Å². The Morgan fingerprint density at radius 2 is 1.67 bits per heavy atom. The monoisotopic (exact) mass is 323 g/mol. The lowest BCUT2D eigenvalue weighted by Crippen LogP contribution is -2.21. The fraction of sp³-hybridized carbons (Fsp3) is 0.350. The van der Waals surface area contributed by atoms with Gasteiger partial charge in [-0.1, -0.05) is 30.3 Å². The number of rotatable bonds is 7. The van der Waals surface area contributed by atoms with Crippen molar-refractivity contribution in [1.29, 1.82) is 0 Å². The van der Waals surface area contributed by atoms with Gasteiger partial charge >= 0.3 is 0 Å². The van der Waals surface area contributed by atoms with Gasteiger partial charge in [-0.2, -0.15) is 0 Å². The molecule has 0 unspecified atom stereocenters. The highest BCUT2D eigenvalue weighted by molar-refractivity contribution is 5.91. The van der Waals surface area contributed by atoms with Gasteiger partial charge in [-0.05, 0) is 42.7 Å². The highest BCUT2D eigenvalue weighted by Gasteiger charge is 2.12. The summed E-state index contributed by atoms with van der Waals surface area (Å²) in [5.41, 5.74) is 3.34. The maximum Gasteiger partial charge on any atom is 0.225 e. The van der Waals surface area contributed by atoms with Crippen molar-refractivity contribution in [3.05, 3.63) is 60.2 Å². The first kappa shape index (κ1) is 16.5. The molecule has 2 aromatic rings. The molecule has 4 heteroatoms. The van der Waals surface area contributed by atoms with E-state index in [9.17, 15) is 4.79 Å². The summed E-state index contributed by atoms with van der Waals surface area (Å²) >= 11 is 0. The number of nitrogens with one attached hydrogen (secondary N) is 2. The molecule has 0 atom stereocenters. The Bertz CT molecular complexity index is 634. The van der Waals surface area contributed by atoms with Crippen LogP contribution in [-0.2, 0) is 11.3 Å². The van der Waals surface area contributed by atoms with E-state index < -0.39 is 0 Å². The number of anilines is 2. The molecule has 3 rings (SSSR count). The number of carbonyl (C=O) groups is 1. The first-order valence-electron chi connectivity index (χ1n) is 8.71. The lowest BCUT2D eigenvalue weighted by molar-refractivity contribution is -0.116. The summed E-state index contributed by atoms with van der Waals surface area (Å²) in [6, 6.07) is 18.4. The highest BCUT2D eigenvalue weighted by atomic mass is 16.1. The van der Waals surface area contributed by atoms with Gasteiger partial charge in [0.05, 0.1) is 0 Å². The van der Waals surface area contributed by atoms with E-state index >= 15 is 0 Å². The molecule has 1 saturated heterocycles. The maximum absolute atomic E-state index is 12.0. The van der Waals surface area contributed by atoms with Crippen molar-refractivity contribution in [2.75, 3.05) is 29.9 Å². The molecule has 1 aliphatic heterocycles. The number of hydrogen-bond acceptors (Lipinski definition) is 3. The molecule has 1 amide bonds. The zero-order chi connectivity index (χ0) is 16.6. The molecule has 1 heterocycles. The van der Waals surface area contributed by atoms with Gasteiger partial charge in [-0.3, -0.25) is 4.79 Å². The Kier molecular flexibility index (Phi) is 5.85. The largest absolute Gasteiger partial charge is 0.372 e. The van der Waals surface area contributed by atoms with Crippen molar-refractivity contribution in [1.82, 2.24) is 5.32 Å². The quantitative estimate of drug-likeness (QED) is 0.768. The van der Waals surface area contributed by atoms with Crippen LogP contribution in [0.25, 0.3) is 0 Å². The summed E-state index contributed by atoms with van der Waals surface area (Å²) in [6.07, 6.45) is 3.02. The molecule has 1 fully saturated rings. The molecule has 24 heavy (non-hydrogen) atoms. The van der Waals surface area contributed by atoms with Crippen molar-refractivity contribution >= 4 is 17.3 Å². The molecule has 0 aromatic heterocycles. The van der Waals surface area contributed by atoms with Crippen molar-refractivity contribution < 1.29 is 4.79 Å². The van der Waals surface area contributed by atoms with Crippen LogP contribution >= 0.6 is 0 Å². The van der Waals surface area contributed by atoms with Crippen LogP contribution in [0, 0.1) is 0 Å². The fourth-order valence-corrected chi connectivity index (χ4v) is 2.98. The van der Waals surface area contributed by atoms with Crippen LogP contribution in [0.4, 0.5) is 11.4 Å². The first-order valence-corrected chi connectivity index (χ1v) is 8.71. The normalized spacial score (nSPS) is 13.9. The van der Waals surface area contributed by atoms with E-state index in [-0.39, 0.29) is 5.91 Å². The van der Waals surface area contributed by atoms with Crippen LogP contribution in [0.3, 0.4) is 0 Å². The minimum Gasteiger partial charge on any atom is -0.372 e. The third kappa shape index (κ3) is 4.83. The zero-order valence-electron chi connectivity index (χ0n) is 14.0. The molecule has 126 valence electrons. The summed E-state index contributed by atoms with van der Waals surface area (Å²) in [6.45, 7) is 3.74. The summed E-state index contributed by atoms with van der Waals surface area (Å²) in [5, 5.41) is 6.26. The Morgan fingerprint density at radius 3 is 2.38 bits per heavy atom. The lowest BCUT2D eigenvalue weighted by atomic mass is 10.2. The molecular weight excluding hydrogens is 298 g/mol. The van der Waals surface area contributed by atoms with Crippen LogP contribution in [0.15, 0.2) is 54.6 Å². The molecule has 0 spiro atoms. The van der Waals surface area contributed by atoms with Crippen molar-refractivity contribution in [2.24, 2.45) is 0 Å². The summed E-state index contributed by atoms with van der Waals surface area (Å²) in [5.74, 6) is 0.0458. The average molecular weight is 323 g/mol. The number of nitrogens with zero attached hydrogens (tertiary/aromatic N) is 1. The van der Waals surface area contributed by atoms with Crippen molar-refractivity contribution in [3.63, 3.8) is 0 Å². The Labute approximate surface area is 143 Å². The Balaban J connectivity index is 1.38. The van der Waals surface area contributed by atoms with E-state index in [0.29, 0.717) is 13.0 Å². The number of amides is 1. The second-order valence-corrected chi connectivity index (χ2v) is 6.20. The van der Waals surface area contributed by atoms with Crippen LogP contribution < -0.4 is 15.5 Å². The van der Waals surface area contributed by atoms with E-state index in [1.54, 1.807) is 0 Å². The Hall–Kier alpha value is -2.33. The highest BCUT2D eigenvalue weighted by Crippen LogP contribution is 2.22. The third-order valence-corrected chi connectivity index (χ3v) is 4.32. The van der Waals surface area contributed by atoms with E-state index in [2.05, 4.69) is 39.8 Å². The first-order chi connectivity index (χ1) is 11.8. The molecule has 0 saturated carbocycles. The molecule has 0 bridgehead atoms. The fourth-order valence-electron chi connectivity index (χ4n) is 2.98. The smallest absolute Gasteiger partial charge is 0.225 e. The molecule has 2 aromatic carbocycles. The lowest BCUT2D eigenvalue weighted by Gasteiger charge is -2.17. The van der Waals surface area contributed by atoms with Gasteiger partial charge in [0.25, 0.3) is 0 Å². The standard InChI is InChI=1S/C20H25N3O/c24-20(12-13-21-16-17-6-2-1-3-7-17)22-18-8-10-19(11-9-18)23-14-4-5-15-23/h1-3,6-11,21H,4-5,12-16H2,(H,22,24). The second kappa shape index (κ2) is 8.50. The summed E-state index contributed by atoms with van der Waals surface area (Å²) < 4.78 is 0. The molecule has 1 aliphatic rings. The number of hydrogen-bond donors (Lipinski definition) is 2. The van der Waals surface area contributed by atoms with Crippen molar-refractivity contribution in [2.45, 2.75) is 25.8 Å². The summed E-state index contributed by atoms with van der Waals surface area (Å²) in [4.78, 5) is 14.4. The van der Waals surface area contributed by atoms with E-state index in [4.69, 9.17) is 0 Å². The average Bonchev–Trinajstić information content (AvgIpc) is 3.15. The SMILES string of the molecule is O=C(CCNCc1ccccc1)Nc1ccc(N2CCCC2)cc1. The van der Waals surface area contributed by atoms with Gasteiger partial charge in [0.15, 0.2) is 0 Å². The number of carbonyl (C=O) groups excluding carboxylic acids is 1. The zero-order valence-corrected chi connectivity index (χ0v) is 14.0. The minimum atomic E-state index is 0.0458. The predicted molar refractivity (Wildman–Crippen MR) is 99.3 cm³/mol. The van der Waals surface area contributed by atoms with Crippen LogP contribution in [0.5, 0.6) is 0 Å². The van der Waals surface area contributed by atoms with Gasteiger partial charge in [-0.25, -0.2) is 0 Å². The van der Waals surface area contributed by atoms with Crippen molar-refractivity contribution in [3.8, 4) is 0 Å². The molecule has 0 radical (unpaired) electrons. The van der Waals surface area contributed by atoms with Gasteiger partial charge in [0.1, 0.15) is 0 Å². The molecular formula is C20H25N3O. The molecule has 4 nitrogen and oxygen atoms in total. The van der Waals surface area contributed by atoms with E-state index in [0.717, 1.165) is 25.3 Å². The minimum absolute atomic E-state index is 0.0458. The third-order valence-electron chi connectivity index (χ3n) is 4.32. The van der Waals surface area contributed by atoms with Crippen LogP contribution in [0.1, 0.15) is 24.8 Å². The molecule has 2 N–H and O–H groups in total. The van der Waals surface area contributed by atoms with Gasteiger partial charge < -0.3 is 15.5 Å². The topological polar surface area (TPSA) is 44.4 Å². The Morgan fingerprint density at radius 1 is 0.958 bits per heavy atom. The van der Waals surface area contributed by atoms with Crippen LogP contribution in [-0.4, -0.2) is 25.5 Å².